The molecule has 2 heteroatoms. The first kappa shape index (κ1) is 9.56. The van der Waals surface area contributed by atoms with Gasteiger partial charge in [-0.3, -0.25) is 4.99 Å². The van der Waals surface area contributed by atoms with Crippen LogP contribution >= 0.6 is 0 Å². The lowest BCUT2D eigenvalue weighted by Gasteiger charge is -2.19. The molecule has 0 amide bonds. The van der Waals surface area contributed by atoms with Crippen LogP contribution in [0, 0.1) is 5.92 Å². The van der Waals surface area contributed by atoms with Crippen LogP contribution in [0.1, 0.15) is 39.5 Å². The van der Waals surface area contributed by atoms with E-state index in [0.717, 1.165) is 13.1 Å². The molecule has 1 atom stereocenters. The molecule has 0 saturated carbocycles. The van der Waals surface area contributed by atoms with Gasteiger partial charge >= 0.3 is 0 Å². The Bertz CT molecular complexity index is 152. The molecule has 2 nitrogen and oxygen atoms in total. The molecule has 12 heavy (non-hydrogen) atoms. The van der Waals surface area contributed by atoms with Crippen molar-refractivity contribution in [2.75, 3.05) is 13.1 Å². The molecule has 0 aromatic rings. The van der Waals surface area contributed by atoms with E-state index in [1.54, 1.807) is 0 Å². The van der Waals surface area contributed by atoms with Gasteiger partial charge in [0, 0.05) is 19.0 Å². The average molecular weight is 168 g/mol. The Kier molecular flexibility index (Phi) is 4.12. The van der Waals surface area contributed by atoms with Crippen LogP contribution in [-0.2, 0) is 0 Å². The van der Waals surface area contributed by atoms with Gasteiger partial charge in [-0.1, -0.05) is 26.7 Å². The topological polar surface area (TPSA) is 24.4 Å². The van der Waals surface area contributed by atoms with Crippen LogP contribution in [0.4, 0.5) is 0 Å². The number of hydrogen-bond donors (Lipinski definition) is 1. The van der Waals surface area contributed by atoms with Crippen molar-refractivity contribution in [1.82, 2.24) is 5.32 Å². The molecule has 1 unspecified atom stereocenters. The van der Waals surface area contributed by atoms with Crippen LogP contribution < -0.4 is 5.32 Å². The first-order valence-electron chi connectivity index (χ1n) is 5.12. The van der Waals surface area contributed by atoms with Crippen LogP contribution in [0.3, 0.4) is 0 Å². The molecule has 0 fully saturated rings. The number of aliphatic imine (C=N–C) groups is 1. The van der Waals surface area contributed by atoms with E-state index in [9.17, 15) is 0 Å². The van der Waals surface area contributed by atoms with Gasteiger partial charge in [0.2, 0.25) is 0 Å². The third-order valence-electron chi connectivity index (χ3n) is 2.38. The zero-order valence-corrected chi connectivity index (χ0v) is 8.27. The minimum absolute atomic E-state index is 0.644. The molecule has 1 heterocycles. The molecule has 1 aliphatic rings. The van der Waals surface area contributed by atoms with E-state index in [0.29, 0.717) is 5.92 Å². The zero-order valence-electron chi connectivity index (χ0n) is 8.27. The van der Waals surface area contributed by atoms with Gasteiger partial charge in [-0.25, -0.2) is 0 Å². The van der Waals surface area contributed by atoms with E-state index in [1.165, 1.54) is 31.5 Å². The molecule has 0 spiro atoms. The van der Waals surface area contributed by atoms with Gasteiger partial charge in [-0.2, -0.15) is 0 Å². The number of nitrogens with zero attached hydrogens (tertiary/aromatic N) is 1. The Morgan fingerprint density at radius 2 is 2.42 bits per heavy atom. The highest BCUT2D eigenvalue weighted by atomic mass is 15.0. The molecule has 0 saturated heterocycles. The largest absolute Gasteiger partial charge is 0.374 e. The second-order valence-corrected chi connectivity index (χ2v) is 3.59. The van der Waals surface area contributed by atoms with Crippen molar-refractivity contribution in [3.05, 3.63) is 0 Å². The van der Waals surface area contributed by atoms with E-state index >= 15 is 0 Å². The fraction of sp³-hybridized carbons (Fsp3) is 0.900. The minimum atomic E-state index is 0.644. The summed E-state index contributed by atoms with van der Waals surface area (Å²) in [6, 6.07) is 0. The Morgan fingerprint density at radius 3 is 3.00 bits per heavy atom. The molecule has 1 aliphatic heterocycles. The zero-order chi connectivity index (χ0) is 8.81. The van der Waals surface area contributed by atoms with Crippen LogP contribution in [0.15, 0.2) is 4.99 Å². The number of nitrogens with one attached hydrogen (secondary N) is 1. The quantitative estimate of drug-likeness (QED) is 0.683. The normalized spacial score (nSPS) is 19.7. The summed E-state index contributed by atoms with van der Waals surface area (Å²) in [6.45, 7) is 6.66. The molecule has 0 aromatic heterocycles. The number of amidine groups is 1. The lowest BCUT2D eigenvalue weighted by Crippen LogP contribution is -2.34. The fourth-order valence-electron chi connectivity index (χ4n) is 1.53. The first-order chi connectivity index (χ1) is 5.84. The molecule has 0 aromatic carbocycles. The fourth-order valence-corrected chi connectivity index (χ4v) is 1.53. The second-order valence-electron chi connectivity index (χ2n) is 3.59. The van der Waals surface area contributed by atoms with E-state index < -0.39 is 0 Å². The van der Waals surface area contributed by atoms with Crippen LogP contribution in [0.25, 0.3) is 0 Å². The van der Waals surface area contributed by atoms with E-state index in [4.69, 9.17) is 0 Å². The van der Waals surface area contributed by atoms with Crippen LogP contribution in [0.2, 0.25) is 0 Å². The summed E-state index contributed by atoms with van der Waals surface area (Å²) >= 11 is 0. The van der Waals surface area contributed by atoms with Gasteiger partial charge in [-0.15, -0.1) is 0 Å². The maximum atomic E-state index is 4.49. The molecule has 1 N–H and O–H groups in total. The average Bonchev–Trinajstić information content (AvgIpc) is 2.15. The van der Waals surface area contributed by atoms with Crippen molar-refractivity contribution >= 4 is 5.84 Å². The molecule has 0 aliphatic carbocycles. The smallest absolute Gasteiger partial charge is 0.0991 e. The summed E-state index contributed by atoms with van der Waals surface area (Å²) in [5.74, 6) is 1.89. The Morgan fingerprint density at radius 1 is 1.58 bits per heavy atom. The third kappa shape index (κ3) is 2.84. The SMILES string of the molecule is CCCCC(C)C1=NCCCN1. The molecular weight excluding hydrogens is 148 g/mol. The second kappa shape index (κ2) is 5.18. The molecule has 70 valence electrons. The van der Waals surface area contributed by atoms with Crippen LogP contribution in [0.5, 0.6) is 0 Å². The predicted molar refractivity (Wildman–Crippen MR) is 53.6 cm³/mol. The lowest BCUT2D eigenvalue weighted by molar-refractivity contribution is 0.589. The van der Waals surface area contributed by atoms with Crippen molar-refractivity contribution in [2.45, 2.75) is 39.5 Å². The summed E-state index contributed by atoms with van der Waals surface area (Å²) in [6.07, 6.45) is 5.09. The molecular formula is C10H20N2. The maximum Gasteiger partial charge on any atom is 0.0991 e. The maximum absolute atomic E-state index is 4.49. The van der Waals surface area contributed by atoms with Crippen molar-refractivity contribution in [3.63, 3.8) is 0 Å². The summed E-state index contributed by atoms with van der Waals surface area (Å²) in [5, 5.41) is 3.38. The number of rotatable bonds is 4. The monoisotopic (exact) mass is 168 g/mol. The molecule has 0 radical (unpaired) electrons. The van der Waals surface area contributed by atoms with Gasteiger partial charge in [0.25, 0.3) is 0 Å². The van der Waals surface area contributed by atoms with Gasteiger partial charge in [-0.05, 0) is 12.8 Å². The third-order valence-corrected chi connectivity index (χ3v) is 2.38. The summed E-state index contributed by atoms with van der Waals surface area (Å²) in [4.78, 5) is 4.49. The lowest BCUT2D eigenvalue weighted by atomic mass is 10.0. The molecule has 0 bridgehead atoms. The Hall–Kier alpha value is -0.530. The standard InChI is InChI=1S/C10H20N2/c1-3-4-6-9(2)10-11-7-5-8-12-10/h9H,3-8H2,1-2H3,(H,11,12). The highest BCUT2D eigenvalue weighted by molar-refractivity contribution is 5.84. The predicted octanol–water partition coefficient (Wildman–Crippen LogP) is 2.20. The van der Waals surface area contributed by atoms with Gasteiger partial charge in [0.1, 0.15) is 0 Å². The number of hydrogen-bond acceptors (Lipinski definition) is 2. The summed E-state index contributed by atoms with van der Waals surface area (Å²) < 4.78 is 0. The van der Waals surface area contributed by atoms with Gasteiger partial charge in [0.15, 0.2) is 0 Å². The summed E-state index contributed by atoms with van der Waals surface area (Å²) in [7, 11) is 0. The Labute approximate surface area is 75.5 Å². The van der Waals surface area contributed by atoms with Crippen LogP contribution in [-0.4, -0.2) is 18.9 Å². The van der Waals surface area contributed by atoms with Gasteiger partial charge in [0.05, 0.1) is 5.84 Å². The van der Waals surface area contributed by atoms with E-state index in [1.807, 2.05) is 0 Å². The van der Waals surface area contributed by atoms with Crippen molar-refractivity contribution in [2.24, 2.45) is 10.9 Å². The highest BCUT2D eigenvalue weighted by Crippen LogP contribution is 2.10. The summed E-state index contributed by atoms with van der Waals surface area (Å²) in [5.41, 5.74) is 0. The minimum Gasteiger partial charge on any atom is -0.374 e. The van der Waals surface area contributed by atoms with Crippen molar-refractivity contribution in [3.8, 4) is 0 Å². The highest BCUT2D eigenvalue weighted by Gasteiger charge is 2.11. The number of unbranched alkanes of at least 4 members (excludes halogenated alkanes) is 1. The van der Waals surface area contributed by atoms with Gasteiger partial charge < -0.3 is 5.32 Å². The van der Waals surface area contributed by atoms with Crippen molar-refractivity contribution < 1.29 is 0 Å². The van der Waals surface area contributed by atoms with E-state index in [-0.39, 0.29) is 0 Å². The molecule has 1 rings (SSSR count). The first-order valence-corrected chi connectivity index (χ1v) is 5.12. The Balaban J connectivity index is 2.29. The van der Waals surface area contributed by atoms with Crippen molar-refractivity contribution in [1.29, 1.82) is 0 Å². The van der Waals surface area contributed by atoms with E-state index in [2.05, 4.69) is 24.2 Å².